The highest BCUT2D eigenvalue weighted by Crippen LogP contribution is 2.23. The minimum Gasteiger partial charge on any atom is -0.484 e. The molecule has 0 spiro atoms. The van der Waals surface area contributed by atoms with Crippen molar-refractivity contribution in [3.05, 3.63) is 57.1 Å². The van der Waals surface area contributed by atoms with E-state index in [9.17, 15) is 31.5 Å². The van der Waals surface area contributed by atoms with Crippen LogP contribution in [0.5, 0.6) is 11.8 Å². The van der Waals surface area contributed by atoms with Gasteiger partial charge in [-0.15, -0.1) is 0 Å². The number of nitrogens with zero attached hydrogens (tertiary/aromatic N) is 2. The summed E-state index contributed by atoms with van der Waals surface area (Å²) in [5.74, 6) is -3.54. The molecule has 0 bridgehead atoms. The topological polar surface area (TPSA) is 95.4 Å². The van der Waals surface area contributed by atoms with Crippen LogP contribution in [0.1, 0.15) is 0 Å². The zero-order valence-corrected chi connectivity index (χ0v) is 16.4. The predicted octanol–water partition coefficient (Wildman–Crippen LogP) is 2.68. The van der Waals surface area contributed by atoms with Crippen molar-refractivity contribution in [2.24, 2.45) is 0 Å². The van der Waals surface area contributed by atoms with Gasteiger partial charge < -0.3 is 19.2 Å². The molecule has 2 aromatic heterocycles. The van der Waals surface area contributed by atoms with Gasteiger partial charge in [0.15, 0.2) is 18.9 Å². The lowest BCUT2D eigenvalue weighted by Crippen LogP contribution is -2.33. The molecule has 0 saturated carbocycles. The van der Waals surface area contributed by atoms with Crippen molar-refractivity contribution in [3.8, 4) is 17.4 Å². The Morgan fingerprint density at radius 2 is 1.62 bits per heavy atom. The first kappa shape index (κ1) is 23.2. The lowest BCUT2D eigenvalue weighted by atomic mass is 10.2. The third kappa shape index (κ3) is 5.60. The number of aromatic amines is 1. The lowest BCUT2D eigenvalue weighted by Gasteiger charge is -2.18. The molecular weight excluding hydrogens is 445 g/mol. The second-order valence-corrected chi connectivity index (χ2v) is 6.60. The molecule has 0 saturated heterocycles. The Balaban J connectivity index is 2.03. The zero-order chi connectivity index (χ0) is 23.5. The molecule has 13 heteroatoms. The van der Waals surface area contributed by atoms with Crippen molar-refractivity contribution >= 4 is 11.0 Å². The Hall–Kier alpha value is -3.48. The van der Waals surface area contributed by atoms with Crippen LogP contribution in [0.4, 0.5) is 22.0 Å². The molecule has 0 aliphatic carbocycles. The number of hydrogen-bond donors (Lipinski definition) is 1. The summed E-state index contributed by atoms with van der Waals surface area (Å²) >= 11 is 0. The van der Waals surface area contributed by atoms with E-state index in [1.807, 2.05) is 0 Å². The van der Waals surface area contributed by atoms with Crippen molar-refractivity contribution < 1.29 is 36.2 Å². The van der Waals surface area contributed by atoms with Crippen LogP contribution in [-0.2, 0) is 4.74 Å². The monoisotopic (exact) mass is 461 g/mol. The van der Waals surface area contributed by atoms with E-state index in [2.05, 4.69) is 19.4 Å². The number of nitrogens with one attached hydrogen (secondary N) is 1. The van der Waals surface area contributed by atoms with E-state index in [0.29, 0.717) is 0 Å². The van der Waals surface area contributed by atoms with E-state index >= 15 is 0 Å². The molecule has 0 aliphatic rings. The van der Waals surface area contributed by atoms with Crippen LogP contribution in [0.25, 0.3) is 16.7 Å². The van der Waals surface area contributed by atoms with Crippen LogP contribution in [-0.4, -0.2) is 53.6 Å². The fraction of sp³-hybridized carbons (Fsp3) is 0.316. The van der Waals surface area contributed by atoms with E-state index in [4.69, 9.17) is 4.74 Å². The van der Waals surface area contributed by atoms with E-state index in [1.54, 1.807) is 0 Å². The number of pyridine rings is 1. The SMILES string of the molecule is COCC(F)(F)COc1nc2[nH]c(=O)ccc2c(=O)n1-c1ccc(OCC(F)(F)F)cc1. The van der Waals surface area contributed by atoms with Gasteiger partial charge in [0.2, 0.25) is 5.56 Å². The highest BCUT2D eigenvalue weighted by molar-refractivity contribution is 5.74. The Morgan fingerprint density at radius 1 is 0.938 bits per heavy atom. The molecule has 0 aliphatic heterocycles. The number of ether oxygens (including phenoxy) is 3. The van der Waals surface area contributed by atoms with Gasteiger partial charge in [-0.1, -0.05) is 0 Å². The largest absolute Gasteiger partial charge is 0.484 e. The highest BCUT2D eigenvalue weighted by atomic mass is 19.4. The number of aromatic nitrogens is 3. The van der Waals surface area contributed by atoms with E-state index in [0.717, 1.165) is 29.9 Å². The van der Waals surface area contributed by atoms with Gasteiger partial charge in [0.05, 0.1) is 11.1 Å². The maximum atomic E-state index is 13.8. The predicted molar refractivity (Wildman–Crippen MR) is 102 cm³/mol. The third-order valence-corrected chi connectivity index (χ3v) is 4.00. The molecule has 1 N–H and O–H groups in total. The Bertz CT molecular complexity index is 1210. The number of halogens is 5. The third-order valence-electron chi connectivity index (χ3n) is 4.00. The molecule has 32 heavy (non-hydrogen) atoms. The van der Waals surface area contributed by atoms with Crippen LogP contribution in [0.3, 0.4) is 0 Å². The molecule has 8 nitrogen and oxygen atoms in total. The number of hydrogen-bond acceptors (Lipinski definition) is 6. The van der Waals surface area contributed by atoms with Crippen LogP contribution >= 0.6 is 0 Å². The summed E-state index contributed by atoms with van der Waals surface area (Å²) < 4.78 is 79.5. The van der Waals surface area contributed by atoms with Gasteiger partial charge in [-0.05, 0) is 30.3 Å². The quantitative estimate of drug-likeness (QED) is 0.519. The summed E-state index contributed by atoms with van der Waals surface area (Å²) in [6.07, 6.45) is -4.54. The molecule has 0 unspecified atom stereocenters. The minimum atomic E-state index is -4.54. The second kappa shape index (κ2) is 8.94. The van der Waals surface area contributed by atoms with Crippen molar-refractivity contribution in [1.82, 2.24) is 14.5 Å². The Morgan fingerprint density at radius 3 is 2.25 bits per heavy atom. The lowest BCUT2D eigenvalue weighted by molar-refractivity contribution is -0.153. The van der Waals surface area contributed by atoms with Gasteiger partial charge in [-0.25, -0.2) is 13.3 Å². The first-order valence-electron chi connectivity index (χ1n) is 8.95. The number of methoxy groups -OCH3 is 1. The van der Waals surface area contributed by atoms with Crippen molar-refractivity contribution in [2.75, 3.05) is 26.9 Å². The van der Waals surface area contributed by atoms with Crippen LogP contribution in [0.15, 0.2) is 46.0 Å². The van der Waals surface area contributed by atoms with Gasteiger partial charge in [0.25, 0.3) is 5.56 Å². The number of rotatable bonds is 8. The van der Waals surface area contributed by atoms with E-state index < -0.39 is 49.0 Å². The second-order valence-electron chi connectivity index (χ2n) is 6.60. The van der Waals surface area contributed by atoms with Crippen molar-refractivity contribution in [2.45, 2.75) is 12.1 Å². The Labute approximate surface area is 176 Å². The molecule has 3 aromatic rings. The number of benzene rings is 1. The summed E-state index contributed by atoms with van der Waals surface area (Å²) in [6, 6.07) is 6.49. The summed E-state index contributed by atoms with van der Waals surface area (Å²) in [4.78, 5) is 30.8. The number of alkyl halides is 5. The first-order chi connectivity index (χ1) is 15.0. The van der Waals surface area contributed by atoms with Crippen LogP contribution in [0.2, 0.25) is 0 Å². The van der Waals surface area contributed by atoms with Crippen LogP contribution in [0, 0.1) is 0 Å². The summed E-state index contributed by atoms with van der Waals surface area (Å²) in [6.45, 7) is -3.66. The molecule has 2 heterocycles. The normalized spacial score (nSPS) is 12.2. The molecular formula is C19H16F5N3O5. The van der Waals surface area contributed by atoms with E-state index in [1.165, 1.54) is 18.2 Å². The van der Waals surface area contributed by atoms with Crippen molar-refractivity contribution in [1.29, 1.82) is 0 Å². The molecule has 0 atom stereocenters. The zero-order valence-electron chi connectivity index (χ0n) is 16.4. The fourth-order valence-electron chi connectivity index (χ4n) is 2.68. The van der Waals surface area contributed by atoms with Gasteiger partial charge >= 0.3 is 18.1 Å². The minimum absolute atomic E-state index is 0.0435. The molecule has 0 fully saturated rings. The van der Waals surface area contributed by atoms with Gasteiger partial charge in [0, 0.05) is 13.2 Å². The van der Waals surface area contributed by atoms with Crippen LogP contribution < -0.4 is 20.6 Å². The van der Waals surface area contributed by atoms with Gasteiger partial charge in [-0.3, -0.25) is 9.59 Å². The molecule has 0 radical (unpaired) electrons. The average Bonchev–Trinajstić information content (AvgIpc) is 2.70. The van der Waals surface area contributed by atoms with Gasteiger partial charge in [0.1, 0.15) is 12.4 Å². The summed E-state index contributed by atoms with van der Waals surface area (Å²) in [7, 11) is 1.07. The van der Waals surface area contributed by atoms with Crippen molar-refractivity contribution in [3.63, 3.8) is 0 Å². The number of fused-ring (bicyclic) bond motifs is 1. The standard InChI is InChI=1S/C19H16F5N3O5/c1-30-8-18(20,21)9-32-17-26-15-13(6-7-14(28)25-15)16(29)27(17)11-2-4-12(5-3-11)31-10-19(22,23)24/h2-7H,8-10H2,1H3,(H,25,28). The molecule has 0 amide bonds. The highest BCUT2D eigenvalue weighted by Gasteiger charge is 2.31. The first-order valence-corrected chi connectivity index (χ1v) is 8.95. The average molecular weight is 461 g/mol. The van der Waals surface area contributed by atoms with E-state index in [-0.39, 0.29) is 22.5 Å². The maximum absolute atomic E-state index is 13.8. The Kier molecular flexibility index (Phi) is 6.48. The molecule has 3 rings (SSSR count). The van der Waals surface area contributed by atoms with Gasteiger partial charge in [-0.2, -0.15) is 18.2 Å². The fourth-order valence-corrected chi connectivity index (χ4v) is 2.68. The summed E-state index contributed by atoms with van der Waals surface area (Å²) in [5.41, 5.74) is -1.47. The molecule has 1 aromatic carbocycles. The molecule has 172 valence electrons. The summed E-state index contributed by atoms with van der Waals surface area (Å²) in [5, 5.41) is -0.0435. The maximum Gasteiger partial charge on any atom is 0.422 e. The smallest absolute Gasteiger partial charge is 0.422 e. The number of H-pyrrole nitrogens is 1.